The fourth-order valence-corrected chi connectivity index (χ4v) is 4.15. The summed E-state index contributed by atoms with van der Waals surface area (Å²) in [5.41, 5.74) is 8.83. The minimum Gasteiger partial charge on any atom is -0.493 e. The molecule has 1 aromatic carbocycles. The Balaban J connectivity index is 2.03. The smallest absolute Gasteiger partial charge is 0.129 e. The number of hydrogen-bond donors (Lipinski definition) is 1. The quantitative estimate of drug-likeness (QED) is 0.925. The standard InChI is InChI=1S/C17H22N2OS/c1-4-20-14-8-6-5-7-11(14)16-19-13-10-17(2,3)9-12(18)15(13)21-16/h5-8,12H,4,9-10,18H2,1-3H3. The number of ether oxygens (including phenoxy) is 1. The summed E-state index contributed by atoms with van der Waals surface area (Å²) in [6.45, 7) is 7.20. The van der Waals surface area contributed by atoms with Crippen molar-refractivity contribution in [2.45, 2.75) is 39.7 Å². The van der Waals surface area contributed by atoms with Gasteiger partial charge in [0.1, 0.15) is 10.8 Å². The molecule has 1 aliphatic carbocycles. The van der Waals surface area contributed by atoms with Gasteiger partial charge >= 0.3 is 0 Å². The topological polar surface area (TPSA) is 48.1 Å². The van der Waals surface area contributed by atoms with Crippen LogP contribution in [0, 0.1) is 5.41 Å². The Morgan fingerprint density at radius 2 is 2.14 bits per heavy atom. The first-order chi connectivity index (χ1) is 10.00. The molecule has 1 atom stereocenters. The van der Waals surface area contributed by atoms with Crippen molar-refractivity contribution < 1.29 is 4.74 Å². The fraction of sp³-hybridized carbons (Fsp3) is 0.471. The zero-order valence-electron chi connectivity index (χ0n) is 12.8. The monoisotopic (exact) mass is 302 g/mol. The number of rotatable bonds is 3. The molecule has 1 heterocycles. The first-order valence-corrected chi connectivity index (χ1v) is 8.29. The van der Waals surface area contributed by atoms with Crippen LogP contribution in [0.5, 0.6) is 5.75 Å². The van der Waals surface area contributed by atoms with Crippen molar-refractivity contribution in [2.24, 2.45) is 11.1 Å². The molecule has 0 saturated heterocycles. The number of benzene rings is 1. The summed E-state index contributed by atoms with van der Waals surface area (Å²) in [5, 5.41) is 1.03. The van der Waals surface area contributed by atoms with Gasteiger partial charge in [-0.25, -0.2) is 4.98 Å². The van der Waals surface area contributed by atoms with E-state index in [1.165, 1.54) is 10.6 Å². The number of nitrogens with two attached hydrogens (primary N) is 1. The van der Waals surface area contributed by atoms with Crippen LogP contribution in [0.3, 0.4) is 0 Å². The number of fused-ring (bicyclic) bond motifs is 1. The molecule has 0 aliphatic heterocycles. The van der Waals surface area contributed by atoms with Gasteiger partial charge in [0.15, 0.2) is 0 Å². The average Bonchev–Trinajstić information content (AvgIpc) is 2.82. The van der Waals surface area contributed by atoms with Gasteiger partial charge in [-0.05, 0) is 37.3 Å². The fourth-order valence-electron chi connectivity index (χ4n) is 3.03. The Hall–Kier alpha value is -1.39. The minimum atomic E-state index is 0.106. The van der Waals surface area contributed by atoms with Crippen molar-refractivity contribution in [3.05, 3.63) is 34.8 Å². The molecule has 2 N–H and O–H groups in total. The first-order valence-electron chi connectivity index (χ1n) is 7.47. The highest BCUT2D eigenvalue weighted by Gasteiger charge is 2.33. The Labute approximate surface area is 130 Å². The van der Waals surface area contributed by atoms with E-state index in [-0.39, 0.29) is 11.5 Å². The molecule has 1 aromatic heterocycles. The molecule has 4 heteroatoms. The summed E-state index contributed by atoms with van der Waals surface area (Å²) >= 11 is 1.72. The van der Waals surface area contributed by atoms with Crippen LogP contribution in [-0.4, -0.2) is 11.6 Å². The highest BCUT2D eigenvalue weighted by Crippen LogP contribution is 2.44. The van der Waals surface area contributed by atoms with E-state index >= 15 is 0 Å². The predicted molar refractivity (Wildman–Crippen MR) is 87.7 cm³/mol. The molecule has 112 valence electrons. The maximum absolute atomic E-state index is 6.35. The Kier molecular flexibility index (Phi) is 3.76. The van der Waals surface area contributed by atoms with Gasteiger partial charge in [0.05, 0.1) is 17.9 Å². The average molecular weight is 302 g/mol. The van der Waals surface area contributed by atoms with Crippen molar-refractivity contribution in [3.63, 3.8) is 0 Å². The largest absolute Gasteiger partial charge is 0.493 e. The molecule has 0 amide bonds. The number of nitrogens with zero attached hydrogens (tertiary/aromatic N) is 1. The molecular weight excluding hydrogens is 280 g/mol. The Morgan fingerprint density at radius 3 is 2.90 bits per heavy atom. The predicted octanol–water partition coefficient (Wildman–Crippen LogP) is 4.18. The number of aromatic nitrogens is 1. The van der Waals surface area contributed by atoms with E-state index in [1.807, 2.05) is 25.1 Å². The number of hydrogen-bond acceptors (Lipinski definition) is 4. The maximum Gasteiger partial charge on any atom is 0.129 e. The summed E-state index contributed by atoms with van der Waals surface area (Å²) in [6.07, 6.45) is 2.03. The third kappa shape index (κ3) is 2.83. The highest BCUT2D eigenvalue weighted by atomic mass is 32.1. The zero-order chi connectivity index (χ0) is 15.0. The van der Waals surface area contributed by atoms with Crippen LogP contribution in [-0.2, 0) is 6.42 Å². The molecule has 0 bridgehead atoms. The molecule has 1 aliphatic rings. The summed E-state index contributed by atoms with van der Waals surface area (Å²) in [7, 11) is 0. The second-order valence-electron chi connectivity index (χ2n) is 6.41. The number of para-hydroxylation sites is 1. The summed E-state index contributed by atoms with van der Waals surface area (Å²) in [4.78, 5) is 6.11. The van der Waals surface area contributed by atoms with Crippen molar-refractivity contribution >= 4 is 11.3 Å². The van der Waals surface area contributed by atoms with Gasteiger partial charge in [-0.15, -0.1) is 11.3 Å². The molecule has 0 fully saturated rings. The molecule has 21 heavy (non-hydrogen) atoms. The van der Waals surface area contributed by atoms with Gasteiger partial charge < -0.3 is 10.5 Å². The second-order valence-corrected chi connectivity index (χ2v) is 7.44. The van der Waals surface area contributed by atoms with Crippen LogP contribution in [0.1, 0.15) is 43.8 Å². The normalized spacial score (nSPS) is 20.1. The van der Waals surface area contributed by atoms with Crippen LogP contribution in [0.15, 0.2) is 24.3 Å². The van der Waals surface area contributed by atoms with Gasteiger partial charge in [0.2, 0.25) is 0 Å². The van der Waals surface area contributed by atoms with Crippen molar-refractivity contribution in [1.29, 1.82) is 0 Å². The van der Waals surface area contributed by atoms with E-state index in [4.69, 9.17) is 15.5 Å². The molecule has 2 aromatic rings. The van der Waals surface area contributed by atoms with Crippen LogP contribution in [0.25, 0.3) is 10.6 Å². The summed E-state index contributed by atoms with van der Waals surface area (Å²) < 4.78 is 5.73. The van der Waals surface area contributed by atoms with Crippen LogP contribution >= 0.6 is 11.3 Å². The second kappa shape index (κ2) is 5.43. The minimum absolute atomic E-state index is 0.106. The molecule has 1 unspecified atom stereocenters. The van der Waals surface area contributed by atoms with Gasteiger partial charge in [0, 0.05) is 10.9 Å². The van der Waals surface area contributed by atoms with Crippen LogP contribution < -0.4 is 10.5 Å². The highest BCUT2D eigenvalue weighted by molar-refractivity contribution is 7.15. The number of thiazole rings is 1. The molecule has 3 rings (SSSR count). The lowest BCUT2D eigenvalue weighted by Gasteiger charge is -2.32. The van der Waals surface area contributed by atoms with Gasteiger partial charge in [0.25, 0.3) is 0 Å². The van der Waals surface area contributed by atoms with Crippen LogP contribution in [0.4, 0.5) is 0 Å². The Morgan fingerprint density at radius 1 is 1.38 bits per heavy atom. The summed E-state index contributed by atoms with van der Waals surface area (Å²) in [6, 6.07) is 8.21. The third-order valence-electron chi connectivity index (χ3n) is 3.90. The third-order valence-corrected chi connectivity index (χ3v) is 5.16. The van der Waals surface area contributed by atoms with Gasteiger partial charge in [-0.1, -0.05) is 26.0 Å². The zero-order valence-corrected chi connectivity index (χ0v) is 13.7. The lowest BCUT2D eigenvalue weighted by Crippen LogP contribution is -2.28. The van der Waals surface area contributed by atoms with E-state index in [2.05, 4.69) is 19.9 Å². The lowest BCUT2D eigenvalue weighted by atomic mass is 9.77. The SMILES string of the molecule is CCOc1ccccc1-c1nc2c(s1)C(N)CC(C)(C)C2. The molecular formula is C17H22N2OS. The van der Waals surface area contributed by atoms with E-state index in [9.17, 15) is 0 Å². The Bertz CT molecular complexity index is 648. The van der Waals surface area contributed by atoms with E-state index in [0.29, 0.717) is 6.61 Å². The van der Waals surface area contributed by atoms with Gasteiger partial charge in [-0.2, -0.15) is 0 Å². The molecule has 3 nitrogen and oxygen atoms in total. The van der Waals surface area contributed by atoms with E-state index in [1.54, 1.807) is 11.3 Å². The van der Waals surface area contributed by atoms with Crippen molar-refractivity contribution in [2.75, 3.05) is 6.61 Å². The molecule has 0 saturated carbocycles. The van der Waals surface area contributed by atoms with E-state index < -0.39 is 0 Å². The summed E-state index contributed by atoms with van der Waals surface area (Å²) in [5.74, 6) is 0.902. The van der Waals surface area contributed by atoms with Gasteiger partial charge in [-0.3, -0.25) is 0 Å². The lowest BCUT2D eigenvalue weighted by molar-refractivity contribution is 0.282. The van der Waals surface area contributed by atoms with E-state index in [0.717, 1.165) is 29.2 Å². The first kappa shape index (κ1) is 14.5. The molecule has 0 spiro atoms. The van der Waals surface area contributed by atoms with Crippen molar-refractivity contribution in [3.8, 4) is 16.3 Å². The van der Waals surface area contributed by atoms with Crippen molar-refractivity contribution in [1.82, 2.24) is 4.98 Å². The maximum atomic E-state index is 6.35. The van der Waals surface area contributed by atoms with Crippen LogP contribution in [0.2, 0.25) is 0 Å². The molecule has 0 radical (unpaired) electrons.